The topological polar surface area (TPSA) is 29.5 Å². The second kappa shape index (κ2) is 4.77. The average Bonchev–Trinajstić information content (AvgIpc) is 2.18. The van der Waals surface area contributed by atoms with Crippen molar-refractivity contribution in [2.75, 3.05) is 7.11 Å². The number of methoxy groups -OCH3 is 1. The summed E-state index contributed by atoms with van der Waals surface area (Å²) in [6.45, 7) is 5.90. The lowest BCUT2D eigenvalue weighted by Crippen LogP contribution is -2.25. The molecule has 1 aromatic rings. The molecule has 1 rings (SSSR count). The van der Waals surface area contributed by atoms with Crippen LogP contribution in [0, 0.1) is 0 Å². The maximum absolute atomic E-state index is 9.37. The molecule has 0 saturated carbocycles. The summed E-state index contributed by atoms with van der Waals surface area (Å²) in [7, 11) is 1.73. The summed E-state index contributed by atoms with van der Waals surface area (Å²) in [5.41, 5.74) is 2.05. The van der Waals surface area contributed by atoms with E-state index in [1.54, 1.807) is 14.0 Å². The third kappa shape index (κ3) is 3.65. The zero-order valence-corrected chi connectivity index (χ0v) is 9.95. The molecule has 0 fully saturated rings. The zero-order valence-electron chi connectivity index (χ0n) is 9.95. The van der Waals surface area contributed by atoms with Crippen LogP contribution in [0.3, 0.4) is 0 Å². The van der Waals surface area contributed by atoms with Gasteiger partial charge in [-0.3, -0.25) is 0 Å². The first-order valence-corrected chi connectivity index (χ1v) is 5.27. The van der Waals surface area contributed by atoms with Gasteiger partial charge in [0.25, 0.3) is 0 Å². The van der Waals surface area contributed by atoms with E-state index in [2.05, 4.69) is 13.8 Å². The minimum absolute atomic E-state index is 0.133. The van der Waals surface area contributed by atoms with Crippen LogP contribution in [0.2, 0.25) is 0 Å². The summed E-state index contributed by atoms with van der Waals surface area (Å²) in [4.78, 5) is 0. The van der Waals surface area contributed by atoms with Gasteiger partial charge in [0.05, 0.1) is 11.7 Å². The highest BCUT2D eigenvalue weighted by atomic mass is 16.5. The van der Waals surface area contributed by atoms with Crippen molar-refractivity contribution >= 4 is 0 Å². The minimum Gasteiger partial charge on any atom is -0.389 e. The lowest BCUT2D eigenvalue weighted by atomic mass is 9.97. The number of aliphatic hydroxyl groups is 1. The Hall–Kier alpha value is -0.860. The van der Waals surface area contributed by atoms with Crippen molar-refractivity contribution in [3.8, 4) is 0 Å². The van der Waals surface area contributed by atoms with Gasteiger partial charge in [0.15, 0.2) is 0 Å². The largest absolute Gasteiger partial charge is 0.389 e. The van der Waals surface area contributed by atoms with E-state index in [0.29, 0.717) is 0 Å². The summed E-state index contributed by atoms with van der Waals surface area (Å²) >= 11 is 0. The van der Waals surface area contributed by atoms with Crippen LogP contribution >= 0.6 is 0 Å². The van der Waals surface area contributed by atoms with Gasteiger partial charge in [-0.25, -0.2) is 0 Å². The first-order valence-electron chi connectivity index (χ1n) is 5.27. The lowest BCUT2D eigenvalue weighted by Gasteiger charge is -2.23. The SMILES string of the molecule is COC(C)(C)Cc1ccc(C(C)O)cc1. The number of hydrogen-bond donors (Lipinski definition) is 1. The molecule has 0 aromatic heterocycles. The molecular weight excluding hydrogens is 188 g/mol. The third-order valence-electron chi connectivity index (χ3n) is 2.64. The van der Waals surface area contributed by atoms with Crippen LogP contribution in [0.5, 0.6) is 0 Å². The van der Waals surface area contributed by atoms with Gasteiger partial charge in [-0.05, 0) is 31.9 Å². The Bertz CT molecular complexity index is 299. The van der Waals surface area contributed by atoms with Crippen LogP contribution in [-0.2, 0) is 11.2 Å². The highest BCUT2D eigenvalue weighted by Gasteiger charge is 2.16. The number of hydrogen-bond acceptors (Lipinski definition) is 2. The Kier molecular flexibility index (Phi) is 3.89. The van der Waals surface area contributed by atoms with Crippen LogP contribution in [0.1, 0.15) is 38.0 Å². The molecule has 0 heterocycles. The molecular formula is C13H20O2. The molecule has 2 nitrogen and oxygen atoms in total. The molecule has 0 aliphatic heterocycles. The van der Waals surface area contributed by atoms with Crippen molar-refractivity contribution in [2.45, 2.75) is 38.9 Å². The van der Waals surface area contributed by atoms with E-state index in [4.69, 9.17) is 4.74 Å². The van der Waals surface area contributed by atoms with E-state index in [0.717, 1.165) is 12.0 Å². The molecule has 0 aliphatic rings. The number of aliphatic hydroxyl groups excluding tert-OH is 1. The predicted octanol–water partition coefficient (Wildman–Crippen LogP) is 2.71. The van der Waals surface area contributed by atoms with Gasteiger partial charge in [0.2, 0.25) is 0 Å². The average molecular weight is 208 g/mol. The Labute approximate surface area is 91.9 Å². The molecule has 1 aromatic carbocycles. The second-order valence-corrected chi connectivity index (χ2v) is 4.56. The van der Waals surface area contributed by atoms with Crippen molar-refractivity contribution in [3.05, 3.63) is 35.4 Å². The molecule has 15 heavy (non-hydrogen) atoms. The predicted molar refractivity (Wildman–Crippen MR) is 61.9 cm³/mol. The van der Waals surface area contributed by atoms with Crippen LogP contribution in [-0.4, -0.2) is 17.8 Å². The van der Waals surface area contributed by atoms with E-state index in [1.807, 2.05) is 24.3 Å². The molecule has 84 valence electrons. The van der Waals surface area contributed by atoms with E-state index in [9.17, 15) is 5.11 Å². The first-order chi connectivity index (χ1) is 6.94. The van der Waals surface area contributed by atoms with Crippen molar-refractivity contribution in [2.24, 2.45) is 0 Å². The highest BCUT2D eigenvalue weighted by Crippen LogP contribution is 2.18. The van der Waals surface area contributed by atoms with Crippen molar-refractivity contribution < 1.29 is 9.84 Å². The fourth-order valence-corrected chi connectivity index (χ4v) is 1.48. The van der Waals surface area contributed by atoms with E-state index >= 15 is 0 Å². The van der Waals surface area contributed by atoms with Gasteiger partial charge in [-0.2, -0.15) is 0 Å². The summed E-state index contributed by atoms with van der Waals surface area (Å²) in [6, 6.07) is 8.02. The fraction of sp³-hybridized carbons (Fsp3) is 0.538. The van der Waals surface area contributed by atoms with Crippen LogP contribution < -0.4 is 0 Å². The van der Waals surface area contributed by atoms with Crippen LogP contribution in [0.15, 0.2) is 24.3 Å². The van der Waals surface area contributed by atoms with E-state index in [-0.39, 0.29) is 5.60 Å². The van der Waals surface area contributed by atoms with Gasteiger partial charge in [-0.1, -0.05) is 24.3 Å². The molecule has 0 amide bonds. The lowest BCUT2D eigenvalue weighted by molar-refractivity contribution is 0.0232. The summed E-state index contributed by atoms with van der Waals surface area (Å²) in [5, 5.41) is 9.37. The molecule has 0 bridgehead atoms. The fourth-order valence-electron chi connectivity index (χ4n) is 1.48. The Morgan fingerprint density at radius 3 is 2.20 bits per heavy atom. The maximum Gasteiger partial charge on any atom is 0.0761 e. The van der Waals surface area contributed by atoms with Crippen LogP contribution in [0.4, 0.5) is 0 Å². The van der Waals surface area contributed by atoms with E-state index < -0.39 is 6.10 Å². The molecule has 1 atom stereocenters. The van der Waals surface area contributed by atoms with Crippen molar-refractivity contribution in [1.82, 2.24) is 0 Å². The van der Waals surface area contributed by atoms with Gasteiger partial charge in [0, 0.05) is 13.5 Å². The molecule has 2 heteroatoms. The first kappa shape index (κ1) is 12.2. The number of rotatable bonds is 4. The Morgan fingerprint density at radius 1 is 1.27 bits per heavy atom. The molecule has 0 radical (unpaired) electrons. The Morgan fingerprint density at radius 2 is 1.80 bits per heavy atom. The quantitative estimate of drug-likeness (QED) is 0.824. The van der Waals surface area contributed by atoms with Crippen molar-refractivity contribution in [1.29, 1.82) is 0 Å². The van der Waals surface area contributed by atoms with Crippen LogP contribution in [0.25, 0.3) is 0 Å². The number of benzene rings is 1. The number of ether oxygens (including phenoxy) is 1. The minimum atomic E-state index is -0.394. The van der Waals surface area contributed by atoms with E-state index in [1.165, 1.54) is 5.56 Å². The van der Waals surface area contributed by atoms with Gasteiger partial charge >= 0.3 is 0 Å². The monoisotopic (exact) mass is 208 g/mol. The van der Waals surface area contributed by atoms with Gasteiger partial charge < -0.3 is 9.84 Å². The second-order valence-electron chi connectivity index (χ2n) is 4.56. The summed E-state index contributed by atoms with van der Waals surface area (Å²) in [5.74, 6) is 0. The summed E-state index contributed by atoms with van der Waals surface area (Å²) in [6.07, 6.45) is 0.485. The maximum atomic E-state index is 9.37. The molecule has 1 N–H and O–H groups in total. The molecule has 0 spiro atoms. The third-order valence-corrected chi connectivity index (χ3v) is 2.64. The van der Waals surface area contributed by atoms with Gasteiger partial charge in [0.1, 0.15) is 0 Å². The standard InChI is InChI=1S/C13H20O2/c1-10(14)12-7-5-11(6-8-12)9-13(2,3)15-4/h5-8,10,14H,9H2,1-4H3. The zero-order chi connectivity index (χ0) is 11.5. The highest BCUT2D eigenvalue weighted by molar-refractivity contribution is 5.24. The molecule has 1 unspecified atom stereocenters. The van der Waals surface area contributed by atoms with Crippen molar-refractivity contribution in [3.63, 3.8) is 0 Å². The normalized spacial score (nSPS) is 13.9. The summed E-state index contributed by atoms with van der Waals surface area (Å²) < 4.78 is 5.37. The molecule has 0 aliphatic carbocycles. The van der Waals surface area contributed by atoms with Gasteiger partial charge in [-0.15, -0.1) is 0 Å². The molecule has 0 saturated heterocycles. The Balaban J connectivity index is 2.73. The smallest absolute Gasteiger partial charge is 0.0761 e.